The Balaban J connectivity index is 1.75. The maximum absolute atomic E-state index is 13.6. The van der Waals surface area contributed by atoms with Crippen LogP contribution in [0.4, 0.5) is 19.3 Å². The van der Waals surface area contributed by atoms with Gasteiger partial charge in [0.2, 0.25) is 5.91 Å². The van der Waals surface area contributed by atoms with Gasteiger partial charge in [-0.1, -0.05) is 29.3 Å². The fourth-order valence-corrected chi connectivity index (χ4v) is 3.67. The molecule has 1 aliphatic rings. The summed E-state index contributed by atoms with van der Waals surface area (Å²) in [6.07, 6.45) is 1.37. The number of nitrogens with one attached hydrogen (secondary N) is 1. The number of thioether (sulfide) groups is 1. The molecule has 3 amide bonds. The first-order chi connectivity index (χ1) is 13.3. The lowest BCUT2D eigenvalue weighted by Crippen LogP contribution is -2.36. The molecule has 10 heteroatoms. The monoisotopic (exact) mass is 442 g/mol. The molecule has 3 rings (SSSR count). The van der Waals surface area contributed by atoms with E-state index in [0.29, 0.717) is 38.3 Å². The van der Waals surface area contributed by atoms with Gasteiger partial charge >= 0.3 is 0 Å². The van der Waals surface area contributed by atoms with Crippen LogP contribution in [-0.4, -0.2) is 28.5 Å². The summed E-state index contributed by atoms with van der Waals surface area (Å²) in [5, 5.41) is 2.11. The Labute approximate surface area is 172 Å². The first kappa shape index (κ1) is 20.3. The van der Waals surface area contributed by atoms with Crippen molar-refractivity contribution in [3.8, 4) is 0 Å². The van der Waals surface area contributed by atoms with Crippen molar-refractivity contribution in [3.63, 3.8) is 0 Å². The second-order valence-corrected chi connectivity index (χ2v) is 7.38. The van der Waals surface area contributed by atoms with Gasteiger partial charge in [-0.15, -0.1) is 0 Å². The standard InChI is InChI=1S/C18H10Cl2F2N2O3S/c19-11-2-1-3-12(20)10(11)7-15-17(26)24(18(27)28-15)8-16(25)23-14-5-4-9(21)6-13(14)22/h1-7H,8H2,(H,23,25)/b15-7+. The molecule has 28 heavy (non-hydrogen) atoms. The van der Waals surface area contributed by atoms with Crippen molar-refractivity contribution in [1.82, 2.24) is 4.90 Å². The van der Waals surface area contributed by atoms with Gasteiger partial charge in [0.25, 0.3) is 11.1 Å². The normalized spacial score (nSPS) is 15.4. The van der Waals surface area contributed by atoms with Crippen LogP contribution in [0.3, 0.4) is 0 Å². The van der Waals surface area contributed by atoms with Crippen LogP contribution in [-0.2, 0) is 9.59 Å². The van der Waals surface area contributed by atoms with Crippen LogP contribution >= 0.6 is 35.0 Å². The summed E-state index contributed by atoms with van der Waals surface area (Å²) in [7, 11) is 0. The second kappa shape index (κ2) is 8.30. The molecule has 1 saturated heterocycles. The topological polar surface area (TPSA) is 66.5 Å². The molecule has 1 N–H and O–H groups in total. The summed E-state index contributed by atoms with van der Waals surface area (Å²) in [5.74, 6) is -3.30. The third kappa shape index (κ3) is 4.35. The van der Waals surface area contributed by atoms with Crippen molar-refractivity contribution in [2.45, 2.75) is 0 Å². The van der Waals surface area contributed by atoms with E-state index in [1.807, 2.05) is 0 Å². The molecular weight excluding hydrogens is 433 g/mol. The number of hydrogen-bond donors (Lipinski definition) is 1. The SMILES string of the molecule is O=C(CN1C(=O)S/C(=C/c2c(Cl)cccc2Cl)C1=O)Nc1ccc(F)cc1F. The molecule has 0 unspecified atom stereocenters. The van der Waals surface area contributed by atoms with Crippen LogP contribution < -0.4 is 5.32 Å². The van der Waals surface area contributed by atoms with E-state index in [-0.39, 0.29) is 10.6 Å². The van der Waals surface area contributed by atoms with Crippen molar-refractivity contribution in [3.05, 3.63) is 68.5 Å². The van der Waals surface area contributed by atoms with Crippen molar-refractivity contribution < 1.29 is 23.2 Å². The number of anilines is 1. The molecule has 1 fully saturated rings. The van der Waals surface area contributed by atoms with Crippen LogP contribution in [0.15, 0.2) is 41.3 Å². The Morgan fingerprint density at radius 2 is 1.82 bits per heavy atom. The minimum atomic E-state index is -0.976. The van der Waals surface area contributed by atoms with E-state index in [9.17, 15) is 23.2 Å². The van der Waals surface area contributed by atoms with Gasteiger partial charge in [-0.05, 0) is 42.1 Å². The number of carbonyl (C=O) groups excluding carboxylic acids is 3. The molecule has 1 heterocycles. The average Bonchev–Trinajstić information content (AvgIpc) is 2.88. The molecule has 144 valence electrons. The number of hydrogen-bond acceptors (Lipinski definition) is 4. The molecule has 2 aromatic carbocycles. The van der Waals surface area contributed by atoms with E-state index in [4.69, 9.17) is 23.2 Å². The Morgan fingerprint density at radius 1 is 1.14 bits per heavy atom. The van der Waals surface area contributed by atoms with E-state index in [1.54, 1.807) is 18.2 Å². The highest BCUT2D eigenvalue weighted by Gasteiger charge is 2.36. The fraction of sp³-hybridized carbons (Fsp3) is 0.0556. The predicted molar refractivity (Wildman–Crippen MR) is 104 cm³/mol. The largest absolute Gasteiger partial charge is 0.322 e. The van der Waals surface area contributed by atoms with E-state index >= 15 is 0 Å². The number of amides is 3. The molecule has 5 nitrogen and oxygen atoms in total. The van der Waals surface area contributed by atoms with Gasteiger partial charge in [0.05, 0.1) is 10.6 Å². The van der Waals surface area contributed by atoms with Gasteiger partial charge in [0.1, 0.15) is 18.2 Å². The van der Waals surface area contributed by atoms with Crippen LogP contribution in [0, 0.1) is 11.6 Å². The lowest BCUT2D eigenvalue weighted by molar-refractivity contribution is -0.127. The Morgan fingerprint density at radius 3 is 2.46 bits per heavy atom. The molecule has 0 radical (unpaired) electrons. The molecular formula is C18H10Cl2F2N2O3S. The molecule has 0 atom stereocenters. The summed E-state index contributed by atoms with van der Waals surface area (Å²) in [5.41, 5.74) is 0.103. The van der Waals surface area contributed by atoms with Crippen LogP contribution in [0.5, 0.6) is 0 Å². The number of carbonyl (C=O) groups is 3. The quantitative estimate of drug-likeness (QED) is 0.680. The van der Waals surface area contributed by atoms with E-state index in [0.717, 1.165) is 12.1 Å². The zero-order valence-electron chi connectivity index (χ0n) is 13.8. The zero-order chi connectivity index (χ0) is 20.4. The van der Waals surface area contributed by atoms with Crippen LogP contribution in [0.25, 0.3) is 6.08 Å². The predicted octanol–water partition coefficient (Wildman–Crippen LogP) is 4.95. The summed E-state index contributed by atoms with van der Waals surface area (Å²) >= 11 is 12.7. The Hall–Kier alpha value is -2.42. The minimum absolute atomic E-state index is 0.0424. The fourth-order valence-electron chi connectivity index (χ4n) is 2.34. The Kier molecular flexibility index (Phi) is 6.02. The second-order valence-electron chi connectivity index (χ2n) is 5.58. The zero-order valence-corrected chi connectivity index (χ0v) is 16.2. The molecule has 0 saturated carbocycles. The highest BCUT2D eigenvalue weighted by molar-refractivity contribution is 8.18. The first-order valence-corrected chi connectivity index (χ1v) is 9.28. The van der Waals surface area contributed by atoms with Gasteiger partial charge in [0, 0.05) is 21.7 Å². The molecule has 0 spiro atoms. The van der Waals surface area contributed by atoms with Gasteiger partial charge in [0.15, 0.2) is 0 Å². The van der Waals surface area contributed by atoms with Crippen molar-refractivity contribution in [2.75, 3.05) is 11.9 Å². The molecule has 0 aromatic heterocycles. The van der Waals surface area contributed by atoms with E-state index < -0.39 is 35.2 Å². The molecule has 0 aliphatic carbocycles. The average molecular weight is 443 g/mol. The smallest absolute Gasteiger partial charge is 0.294 e. The van der Waals surface area contributed by atoms with Gasteiger partial charge in [-0.25, -0.2) is 8.78 Å². The van der Waals surface area contributed by atoms with Gasteiger partial charge in [-0.2, -0.15) is 0 Å². The summed E-state index contributed by atoms with van der Waals surface area (Å²) in [6, 6.07) is 7.39. The minimum Gasteiger partial charge on any atom is -0.322 e. The highest BCUT2D eigenvalue weighted by Crippen LogP contribution is 2.35. The number of nitrogens with zero attached hydrogens (tertiary/aromatic N) is 1. The number of benzene rings is 2. The van der Waals surface area contributed by atoms with Gasteiger partial charge in [-0.3, -0.25) is 19.3 Å². The third-order valence-corrected chi connectivity index (χ3v) is 5.22. The lowest BCUT2D eigenvalue weighted by atomic mass is 10.2. The maximum Gasteiger partial charge on any atom is 0.294 e. The van der Waals surface area contributed by atoms with Crippen molar-refractivity contribution in [2.24, 2.45) is 0 Å². The summed E-state index contributed by atoms with van der Waals surface area (Å²) < 4.78 is 26.5. The van der Waals surface area contributed by atoms with Crippen molar-refractivity contribution >= 4 is 63.8 Å². The summed E-state index contributed by atoms with van der Waals surface area (Å²) in [4.78, 5) is 37.4. The van der Waals surface area contributed by atoms with E-state index in [1.165, 1.54) is 6.08 Å². The summed E-state index contributed by atoms with van der Waals surface area (Å²) in [6.45, 7) is -0.630. The van der Waals surface area contributed by atoms with Gasteiger partial charge < -0.3 is 5.32 Å². The third-order valence-electron chi connectivity index (χ3n) is 3.66. The van der Waals surface area contributed by atoms with Crippen LogP contribution in [0.1, 0.15) is 5.56 Å². The Bertz CT molecular complexity index is 1010. The highest BCUT2D eigenvalue weighted by atomic mass is 35.5. The maximum atomic E-state index is 13.6. The first-order valence-electron chi connectivity index (χ1n) is 7.70. The number of halogens is 4. The number of imide groups is 1. The molecule has 0 bridgehead atoms. The molecule has 2 aromatic rings. The van der Waals surface area contributed by atoms with E-state index in [2.05, 4.69) is 5.32 Å². The van der Waals surface area contributed by atoms with Crippen molar-refractivity contribution in [1.29, 1.82) is 0 Å². The number of rotatable bonds is 4. The van der Waals surface area contributed by atoms with Crippen LogP contribution in [0.2, 0.25) is 10.0 Å². The lowest BCUT2D eigenvalue weighted by Gasteiger charge is -2.12. The molecule has 1 aliphatic heterocycles.